The van der Waals surface area contributed by atoms with Gasteiger partial charge in [-0.15, -0.1) is 11.3 Å². The molecule has 2 rings (SSSR count). The lowest BCUT2D eigenvalue weighted by Crippen LogP contribution is -2.41. The first-order chi connectivity index (χ1) is 10.9. The Kier molecular flexibility index (Phi) is 5.81. The molecule has 6 nitrogen and oxygen atoms in total. The Bertz CT molecular complexity index is 768. The summed E-state index contributed by atoms with van der Waals surface area (Å²) in [6, 6.07) is 3.58. The van der Waals surface area contributed by atoms with Crippen molar-refractivity contribution in [3.63, 3.8) is 0 Å². The van der Waals surface area contributed by atoms with Gasteiger partial charge in [0, 0.05) is 24.5 Å². The number of rotatable bonds is 5. The average molecular weight is 395 g/mol. The molecule has 0 atom stereocenters. The molecule has 0 aromatic carbocycles. The van der Waals surface area contributed by atoms with Gasteiger partial charge in [-0.3, -0.25) is 0 Å². The van der Waals surface area contributed by atoms with Crippen LogP contribution in [0.3, 0.4) is 0 Å². The van der Waals surface area contributed by atoms with Crippen LogP contribution in [0.25, 0.3) is 0 Å². The Labute approximate surface area is 149 Å². The molecule has 1 aromatic heterocycles. The van der Waals surface area contributed by atoms with Crippen LogP contribution in [0.1, 0.15) is 38.5 Å². The number of sulfonamides is 2. The minimum atomic E-state index is -3.46. The number of thiophene rings is 1. The molecule has 0 aliphatic carbocycles. The molecule has 0 spiro atoms. The van der Waals surface area contributed by atoms with Gasteiger partial charge in [-0.25, -0.2) is 21.6 Å². The van der Waals surface area contributed by atoms with Crippen molar-refractivity contribution in [1.29, 1.82) is 0 Å². The van der Waals surface area contributed by atoms with Gasteiger partial charge in [-0.1, -0.05) is 20.8 Å². The van der Waals surface area contributed by atoms with E-state index in [4.69, 9.17) is 0 Å². The zero-order valence-electron chi connectivity index (χ0n) is 14.6. The molecular weight excluding hydrogens is 368 g/mol. The number of hydrogen-bond donors (Lipinski definition) is 1. The van der Waals surface area contributed by atoms with Gasteiger partial charge in [0.25, 0.3) is 10.0 Å². The van der Waals surface area contributed by atoms with Crippen molar-refractivity contribution in [1.82, 2.24) is 9.03 Å². The maximum atomic E-state index is 12.8. The third-order valence-corrected chi connectivity index (χ3v) is 8.69. The summed E-state index contributed by atoms with van der Waals surface area (Å²) in [7, 11) is -6.65. The Morgan fingerprint density at radius 3 is 2.21 bits per heavy atom. The molecule has 1 saturated heterocycles. The molecule has 0 unspecified atom stereocenters. The summed E-state index contributed by atoms with van der Waals surface area (Å²) in [5.41, 5.74) is -0.0667. The lowest BCUT2D eigenvalue weighted by Gasteiger charge is -2.30. The molecule has 1 aromatic rings. The number of piperidine rings is 1. The zero-order chi connectivity index (χ0) is 18.2. The second-order valence-corrected chi connectivity index (χ2v) is 12.4. The molecule has 1 fully saturated rings. The van der Waals surface area contributed by atoms with E-state index in [1.807, 2.05) is 6.07 Å². The van der Waals surface area contributed by atoms with Crippen LogP contribution in [-0.2, 0) is 25.5 Å². The molecule has 0 saturated carbocycles. The molecule has 9 heteroatoms. The predicted octanol–water partition coefficient (Wildman–Crippen LogP) is 2.00. The normalized spacial score (nSPS) is 18.8. The maximum absolute atomic E-state index is 12.8. The van der Waals surface area contributed by atoms with E-state index < -0.39 is 20.0 Å². The maximum Gasteiger partial charge on any atom is 0.252 e. The van der Waals surface area contributed by atoms with Crippen molar-refractivity contribution in [2.75, 3.05) is 25.9 Å². The molecule has 0 bridgehead atoms. The minimum absolute atomic E-state index is 0.0667. The molecule has 1 aliphatic rings. The Balaban J connectivity index is 2.01. The zero-order valence-corrected chi connectivity index (χ0v) is 17.0. The third kappa shape index (κ3) is 5.01. The fraction of sp³-hybridized carbons (Fsp3) is 0.733. The van der Waals surface area contributed by atoms with E-state index in [0.717, 1.165) is 11.1 Å². The number of hydrogen-bond acceptors (Lipinski definition) is 5. The second kappa shape index (κ2) is 7.03. The Hall–Kier alpha value is -0.480. The van der Waals surface area contributed by atoms with Gasteiger partial charge in [-0.2, -0.15) is 4.31 Å². The van der Waals surface area contributed by atoms with Crippen molar-refractivity contribution in [2.24, 2.45) is 5.92 Å². The van der Waals surface area contributed by atoms with E-state index >= 15 is 0 Å². The van der Waals surface area contributed by atoms with Crippen LogP contribution in [0, 0.1) is 5.92 Å². The van der Waals surface area contributed by atoms with Crippen LogP contribution in [0.5, 0.6) is 0 Å². The van der Waals surface area contributed by atoms with E-state index in [1.165, 1.54) is 15.6 Å². The Morgan fingerprint density at radius 2 is 1.75 bits per heavy atom. The van der Waals surface area contributed by atoms with Crippen molar-refractivity contribution < 1.29 is 16.8 Å². The summed E-state index contributed by atoms with van der Waals surface area (Å²) in [6.07, 6.45) is 2.47. The van der Waals surface area contributed by atoms with E-state index in [-0.39, 0.29) is 11.3 Å². The largest absolute Gasteiger partial charge is 0.252 e. The lowest BCUT2D eigenvalue weighted by molar-refractivity contribution is 0.275. The van der Waals surface area contributed by atoms with Gasteiger partial charge in [-0.05, 0) is 36.3 Å². The first kappa shape index (κ1) is 19.8. The topological polar surface area (TPSA) is 83.6 Å². The van der Waals surface area contributed by atoms with Gasteiger partial charge in [0.1, 0.15) is 4.21 Å². The van der Waals surface area contributed by atoms with Gasteiger partial charge in [0.2, 0.25) is 10.0 Å². The Morgan fingerprint density at radius 1 is 1.17 bits per heavy atom. The molecule has 1 aliphatic heterocycles. The highest BCUT2D eigenvalue weighted by Gasteiger charge is 2.31. The summed E-state index contributed by atoms with van der Waals surface area (Å²) in [6.45, 7) is 7.43. The molecule has 1 N–H and O–H groups in total. The molecule has 2 heterocycles. The lowest BCUT2D eigenvalue weighted by atomic mass is 9.95. The second-order valence-electron chi connectivity index (χ2n) is 7.34. The van der Waals surface area contributed by atoms with E-state index in [0.29, 0.717) is 36.7 Å². The van der Waals surface area contributed by atoms with Crippen molar-refractivity contribution in [3.8, 4) is 0 Å². The van der Waals surface area contributed by atoms with Crippen LogP contribution < -0.4 is 4.72 Å². The summed E-state index contributed by atoms with van der Waals surface area (Å²) < 4.78 is 52.3. The van der Waals surface area contributed by atoms with Crippen LogP contribution in [0.4, 0.5) is 0 Å². The SMILES string of the molecule is CC(C)(C)c1ccc(S(=O)(=O)N2CCC(CNS(C)(=O)=O)CC2)s1. The average Bonchev–Trinajstić information content (AvgIpc) is 2.95. The minimum Gasteiger partial charge on any atom is -0.215 e. The van der Waals surface area contributed by atoms with Crippen molar-refractivity contribution in [3.05, 3.63) is 17.0 Å². The van der Waals surface area contributed by atoms with Crippen molar-refractivity contribution >= 4 is 31.4 Å². The number of nitrogens with zero attached hydrogens (tertiary/aromatic N) is 1. The van der Waals surface area contributed by atoms with E-state index in [2.05, 4.69) is 25.5 Å². The monoisotopic (exact) mass is 394 g/mol. The number of nitrogens with one attached hydrogen (secondary N) is 1. The van der Waals surface area contributed by atoms with Gasteiger partial charge in [0.15, 0.2) is 0 Å². The summed E-state index contributed by atoms with van der Waals surface area (Å²) in [5, 5.41) is 0. The smallest absolute Gasteiger partial charge is 0.215 e. The van der Waals surface area contributed by atoms with Crippen LogP contribution >= 0.6 is 11.3 Å². The standard InChI is InChI=1S/C15H26N2O4S3/c1-15(2,3)13-5-6-14(22-13)24(20,21)17-9-7-12(8-10-17)11-16-23(4,18)19/h5-6,12,16H,7-11H2,1-4H3. The van der Waals surface area contributed by atoms with Crippen molar-refractivity contribution in [2.45, 2.75) is 43.2 Å². The van der Waals surface area contributed by atoms with Gasteiger partial charge >= 0.3 is 0 Å². The first-order valence-electron chi connectivity index (χ1n) is 7.95. The highest BCUT2D eigenvalue weighted by Crippen LogP contribution is 2.34. The third-order valence-electron chi connectivity index (χ3n) is 4.12. The molecule has 0 radical (unpaired) electrons. The summed E-state index contributed by atoms with van der Waals surface area (Å²) >= 11 is 1.33. The summed E-state index contributed by atoms with van der Waals surface area (Å²) in [4.78, 5) is 1.05. The molecular formula is C15H26N2O4S3. The van der Waals surface area contributed by atoms with E-state index in [1.54, 1.807) is 6.07 Å². The molecule has 0 amide bonds. The fourth-order valence-electron chi connectivity index (χ4n) is 2.61. The van der Waals surface area contributed by atoms with Crippen LogP contribution in [0.2, 0.25) is 0 Å². The van der Waals surface area contributed by atoms with E-state index in [9.17, 15) is 16.8 Å². The molecule has 138 valence electrons. The van der Waals surface area contributed by atoms with Crippen LogP contribution in [0.15, 0.2) is 16.3 Å². The molecule has 24 heavy (non-hydrogen) atoms. The van der Waals surface area contributed by atoms with Crippen LogP contribution in [-0.4, -0.2) is 47.0 Å². The quantitative estimate of drug-likeness (QED) is 0.828. The highest BCUT2D eigenvalue weighted by atomic mass is 32.2. The first-order valence-corrected chi connectivity index (χ1v) is 12.1. The van der Waals surface area contributed by atoms with Gasteiger partial charge in [0.05, 0.1) is 6.26 Å². The fourth-order valence-corrected chi connectivity index (χ4v) is 6.14. The summed E-state index contributed by atoms with van der Waals surface area (Å²) in [5.74, 6) is 0.180. The highest BCUT2D eigenvalue weighted by molar-refractivity contribution is 7.91. The van der Waals surface area contributed by atoms with Gasteiger partial charge < -0.3 is 0 Å². The predicted molar refractivity (Wildman–Crippen MR) is 97.3 cm³/mol.